The molecule has 0 bridgehead atoms. The first-order valence-corrected chi connectivity index (χ1v) is 10.9. The van der Waals surface area contributed by atoms with Crippen LogP contribution in [0, 0.1) is 19.8 Å². The van der Waals surface area contributed by atoms with Gasteiger partial charge in [-0.1, -0.05) is 38.1 Å². The van der Waals surface area contributed by atoms with Crippen molar-refractivity contribution in [2.24, 2.45) is 5.92 Å². The van der Waals surface area contributed by atoms with E-state index < -0.39 is 0 Å². The predicted molar refractivity (Wildman–Crippen MR) is 125 cm³/mol. The van der Waals surface area contributed by atoms with Gasteiger partial charge in [0.05, 0.1) is 23.3 Å². The molecule has 0 aliphatic rings. The number of rotatable bonds is 7. The number of hydrogen-bond acceptors (Lipinski definition) is 3. The molecule has 3 nitrogen and oxygen atoms in total. The summed E-state index contributed by atoms with van der Waals surface area (Å²) in [6, 6.07) is 17.3. The standard InChI is InChI=1S/C27H30N2O/c1-18(2)13-14-30-23-10-8-21(9-11-23)6-7-22-16-25-24-12-5-19(3)15-26(24)29-20(4)27(25)28-17-22/h5,8-12,15-18H,6-7,13-14H2,1-4H3. The van der Waals surface area contributed by atoms with E-state index in [1.165, 1.54) is 27.5 Å². The number of fused-ring (bicyclic) bond motifs is 3. The van der Waals surface area contributed by atoms with E-state index in [1.54, 1.807) is 0 Å². The highest BCUT2D eigenvalue weighted by atomic mass is 16.5. The van der Waals surface area contributed by atoms with Gasteiger partial charge < -0.3 is 4.74 Å². The van der Waals surface area contributed by atoms with Gasteiger partial charge in [0.2, 0.25) is 0 Å². The van der Waals surface area contributed by atoms with Crippen molar-refractivity contribution in [3.63, 3.8) is 0 Å². The molecule has 0 saturated heterocycles. The maximum Gasteiger partial charge on any atom is 0.119 e. The van der Waals surface area contributed by atoms with Gasteiger partial charge in [-0.25, -0.2) is 0 Å². The summed E-state index contributed by atoms with van der Waals surface area (Å²) < 4.78 is 5.83. The second-order valence-electron chi connectivity index (χ2n) is 8.63. The lowest BCUT2D eigenvalue weighted by molar-refractivity contribution is 0.289. The van der Waals surface area contributed by atoms with Crippen molar-refractivity contribution in [2.75, 3.05) is 6.61 Å². The van der Waals surface area contributed by atoms with Crippen LogP contribution in [0.1, 0.15) is 42.7 Å². The minimum absolute atomic E-state index is 0.667. The van der Waals surface area contributed by atoms with Gasteiger partial charge in [0.15, 0.2) is 0 Å². The van der Waals surface area contributed by atoms with E-state index >= 15 is 0 Å². The molecule has 30 heavy (non-hydrogen) atoms. The van der Waals surface area contributed by atoms with Crippen molar-refractivity contribution in [1.82, 2.24) is 9.97 Å². The lowest BCUT2D eigenvalue weighted by Gasteiger charge is -2.10. The summed E-state index contributed by atoms with van der Waals surface area (Å²) in [6.45, 7) is 9.37. The Bertz CT molecular complexity index is 1160. The van der Waals surface area contributed by atoms with E-state index in [1.807, 2.05) is 13.1 Å². The fourth-order valence-electron chi connectivity index (χ4n) is 3.79. The number of aryl methyl sites for hydroxylation is 4. The number of aromatic nitrogens is 2. The topological polar surface area (TPSA) is 35.0 Å². The van der Waals surface area contributed by atoms with Crippen molar-refractivity contribution in [3.8, 4) is 5.75 Å². The maximum absolute atomic E-state index is 5.83. The fraction of sp³-hybridized carbons (Fsp3) is 0.333. The minimum Gasteiger partial charge on any atom is -0.494 e. The Morgan fingerprint density at radius 3 is 2.40 bits per heavy atom. The third kappa shape index (κ3) is 4.62. The van der Waals surface area contributed by atoms with Crippen LogP contribution in [-0.4, -0.2) is 16.6 Å². The zero-order chi connectivity index (χ0) is 21.1. The molecule has 4 rings (SSSR count). The minimum atomic E-state index is 0.667. The summed E-state index contributed by atoms with van der Waals surface area (Å²) in [5, 5.41) is 2.38. The highest BCUT2D eigenvalue weighted by molar-refractivity contribution is 6.05. The highest BCUT2D eigenvalue weighted by Crippen LogP contribution is 2.27. The Labute approximate surface area is 179 Å². The van der Waals surface area contributed by atoms with Gasteiger partial charge in [-0.15, -0.1) is 0 Å². The quantitative estimate of drug-likeness (QED) is 0.329. The molecular weight excluding hydrogens is 368 g/mol. The molecule has 0 unspecified atom stereocenters. The largest absolute Gasteiger partial charge is 0.494 e. The first kappa shape index (κ1) is 20.3. The van der Waals surface area contributed by atoms with E-state index in [0.29, 0.717) is 5.92 Å². The Morgan fingerprint density at radius 1 is 0.867 bits per heavy atom. The second-order valence-corrected chi connectivity index (χ2v) is 8.63. The van der Waals surface area contributed by atoms with Gasteiger partial charge in [-0.05, 0) is 80.0 Å². The molecule has 0 spiro atoms. The zero-order valence-electron chi connectivity index (χ0n) is 18.4. The Morgan fingerprint density at radius 2 is 1.63 bits per heavy atom. The smallest absolute Gasteiger partial charge is 0.119 e. The monoisotopic (exact) mass is 398 g/mol. The van der Waals surface area contributed by atoms with E-state index in [9.17, 15) is 0 Å². The Hall–Kier alpha value is -2.94. The molecule has 0 amide bonds. The lowest BCUT2D eigenvalue weighted by Crippen LogP contribution is -2.01. The van der Waals surface area contributed by atoms with Crippen molar-refractivity contribution >= 4 is 21.8 Å². The zero-order valence-corrected chi connectivity index (χ0v) is 18.4. The molecule has 0 atom stereocenters. The summed E-state index contributed by atoms with van der Waals surface area (Å²) in [7, 11) is 0. The molecule has 4 aromatic rings. The second kappa shape index (κ2) is 8.83. The molecule has 0 radical (unpaired) electrons. The van der Waals surface area contributed by atoms with Crippen LogP contribution in [0.25, 0.3) is 21.8 Å². The molecule has 154 valence electrons. The summed E-state index contributed by atoms with van der Waals surface area (Å²) in [5.74, 6) is 1.62. The maximum atomic E-state index is 5.83. The summed E-state index contributed by atoms with van der Waals surface area (Å²) in [6.07, 6.45) is 5.03. The molecular formula is C27H30N2O. The van der Waals surface area contributed by atoms with Crippen LogP contribution in [0.2, 0.25) is 0 Å². The van der Waals surface area contributed by atoms with Crippen LogP contribution < -0.4 is 4.74 Å². The number of benzene rings is 2. The molecule has 0 aliphatic heterocycles. The van der Waals surface area contributed by atoms with Gasteiger partial charge in [0.1, 0.15) is 5.75 Å². The first-order chi connectivity index (χ1) is 14.5. The number of pyridine rings is 2. The van der Waals surface area contributed by atoms with Crippen molar-refractivity contribution in [1.29, 1.82) is 0 Å². The van der Waals surface area contributed by atoms with Crippen LogP contribution in [0.3, 0.4) is 0 Å². The summed E-state index contributed by atoms with van der Waals surface area (Å²) in [5.41, 5.74) is 6.84. The van der Waals surface area contributed by atoms with Crippen LogP contribution in [-0.2, 0) is 12.8 Å². The Balaban J connectivity index is 1.49. The van der Waals surface area contributed by atoms with E-state index in [-0.39, 0.29) is 0 Å². The Kier molecular flexibility index (Phi) is 5.98. The molecule has 0 N–H and O–H groups in total. The van der Waals surface area contributed by atoms with Crippen LogP contribution in [0.5, 0.6) is 5.75 Å². The number of nitrogens with zero attached hydrogens (tertiary/aromatic N) is 2. The SMILES string of the molecule is Cc1ccc2c(c1)nc(C)c1ncc(CCc3ccc(OCCC(C)C)cc3)cc12. The van der Waals surface area contributed by atoms with Crippen molar-refractivity contribution in [3.05, 3.63) is 77.1 Å². The molecule has 3 heteroatoms. The van der Waals surface area contributed by atoms with Crippen LogP contribution in [0.4, 0.5) is 0 Å². The first-order valence-electron chi connectivity index (χ1n) is 10.9. The van der Waals surface area contributed by atoms with Gasteiger partial charge in [-0.2, -0.15) is 0 Å². The van der Waals surface area contributed by atoms with E-state index in [0.717, 1.165) is 48.3 Å². The lowest BCUT2D eigenvalue weighted by atomic mass is 10.0. The van der Waals surface area contributed by atoms with Gasteiger partial charge in [0.25, 0.3) is 0 Å². The third-order valence-electron chi connectivity index (χ3n) is 5.61. The fourth-order valence-corrected chi connectivity index (χ4v) is 3.79. The molecule has 2 aromatic heterocycles. The van der Waals surface area contributed by atoms with Crippen molar-refractivity contribution in [2.45, 2.75) is 47.0 Å². The van der Waals surface area contributed by atoms with E-state index in [2.05, 4.69) is 69.3 Å². The molecule has 0 saturated carbocycles. The average molecular weight is 399 g/mol. The van der Waals surface area contributed by atoms with Crippen LogP contribution >= 0.6 is 0 Å². The predicted octanol–water partition coefficient (Wildman–Crippen LogP) is 6.61. The van der Waals surface area contributed by atoms with Crippen LogP contribution in [0.15, 0.2) is 54.7 Å². The third-order valence-corrected chi connectivity index (χ3v) is 5.61. The number of hydrogen-bond donors (Lipinski definition) is 0. The molecule has 0 aliphatic carbocycles. The normalized spacial score (nSPS) is 11.5. The van der Waals surface area contributed by atoms with E-state index in [4.69, 9.17) is 14.7 Å². The number of ether oxygens (including phenoxy) is 1. The average Bonchev–Trinajstić information content (AvgIpc) is 2.72. The highest BCUT2D eigenvalue weighted by Gasteiger charge is 2.08. The van der Waals surface area contributed by atoms with Gasteiger partial charge in [0, 0.05) is 17.0 Å². The molecule has 2 heterocycles. The van der Waals surface area contributed by atoms with Gasteiger partial charge >= 0.3 is 0 Å². The summed E-state index contributed by atoms with van der Waals surface area (Å²) >= 11 is 0. The summed E-state index contributed by atoms with van der Waals surface area (Å²) in [4.78, 5) is 9.50. The molecule has 0 fully saturated rings. The van der Waals surface area contributed by atoms with Crippen molar-refractivity contribution < 1.29 is 4.74 Å². The van der Waals surface area contributed by atoms with Gasteiger partial charge in [-0.3, -0.25) is 9.97 Å². The molecule has 2 aromatic carbocycles.